The van der Waals surface area contributed by atoms with Gasteiger partial charge in [-0.05, 0) is 5.56 Å². The molecule has 0 aromatic heterocycles. The van der Waals surface area contributed by atoms with Gasteiger partial charge in [0.15, 0.2) is 15.0 Å². The number of sulfone groups is 1. The molecule has 0 spiro atoms. The largest absolute Gasteiger partial charge is 0.349 e. The highest BCUT2D eigenvalue weighted by Gasteiger charge is 2.47. The molecule has 3 rings (SSSR count). The number of nitrogens with zero attached hydrogens (tertiary/aromatic N) is 2. The summed E-state index contributed by atoms with van der Waals surface area (Å²) in [7, 11) is -1.13. The Labute approximate surface area is 128 Å². The van der Waals surface area contributed by atoms with Crippen LogP contribution >= 0.6 is 11.8 Å². The average Bonchev–Trinajstić information content (AvgIpc) is 2.85. The molecule has 2 saturated heterocycles. The van der Waals surface area contributed by atoms with Gasteiger partial charge >= 0.3 is 0 Å². The fraction of sp³-hybridized carbons (Fsp3) is 0.429. The zero-order chi connectivity index (χ0) is 15.0. The summed E-state index contributed by atoms with van der Waals surface area (Å²) in [5.41, 5.74) is 0.931. The lowest BCUT2D eigenvalue weighted by atomic mass is 10.1. The molecule has 0 saturated carbocycles. The van der Waals surface area contributed by atoms with E-state index < -0.39 is 9.84 Å². The lowest BCUT2D eigenvalue weighted by Crippen LogP contribution is -2.34. The van der Waals surface area contributed by atoms with Crippen molar-refractivity contribution in [2.75, 3.05) is 18.6 Å². The van der Waals surface area contributed by atoms with Crippen molar-refractivity contribution in [2.45, 2.75) is 17.7 Å². The Bertz CT molecular complexity index is 685. The molecule has 21 heavy (non-hydrogen) atoms. The van der Waals surface area contributed by atoms with Gasteiger partial charge in [-0.25, -0.2) is 8.42 Å². The van der Waals surface area contributed by atoms with Crippen LogP contribution in [0.5, 0.6) is 0 Å². The van der Waals surface area contributed by atoms with E-state index in [2.05, 4.69) is 4.99 Å². The molecule has 5 nitrogen and oxygen atoms in total. The van der Waals surface area contributed by atoms with Crippen molar-refractivity contribution < 1.29 is 13.2 Å². The number of thioether (sulfide) groups is 1. The van der Waals surface area contributed by atoms with Crippen LogP contribution in [0.3, 0.4) is 0 Å². The SMILES string of the molecule is CN1C(=NC(=O)Cc2ccccc2)S[C@H]2CS(=O)(=O)C[C@H]21. The topological polar surface area (TPSA) is 66.8 Å². The van der Waals surface area contributed by atoms with Crippen LogP contribution in [0.15, 0.2) is 35.3 Å². The van der Waals surface area contributed by atoms with Crippen molar-refractivity contribution in [3.63, 3.8) is 0 Å². The molecule has 0 radical (unpaired) electrons. The van der Waals surface area contributed by atoms with Crippen LogP contribution in [-0.4, -0.2) is 54.2 Å². The monoisotopic (exact) mass is 324 g/mol. The van der Waals surface area contributed by atoms with Crippen molar-refractivity contribution in [1.82, 2.24) is 4.90 Å². The second-order valence-corrected chi connectivity index (χ2v) is 8.72. The molecule has 0 unspecified atom stereocenters. The van der Waals surface area contributed by atoms with Gasteiger partial charge in [0.1, 0.15) is 0 Å². The van der Waals surface area contributed by atoms with Crippen molar-refractivity contribution in [3.8, 4) is 0 Å². The summed E-state index contributed by atoms with van der Waals surface area (Å²) in [5.74, 6) is 0.143. The van der Waals surface area contributed by atoms with Crippen molar-refractivity contribution >= 4 is 32.7 Å². The normalized spacial score (nSPS) is 28.8. The Balaban J connectivity index is 1.70. The number of rotatable bonds is 2. The van der Waals surface area contributed by atoms with Crippen LogP contribution in [-0.2, 0) is 21.1 Å². The zero-order valence-electron chi connectivity index (χ0n) is 11.6. The number of benzene rings is 1. The number of carbonyl (C=O) groups is 1. The van der Waals surface area contributed by atoms with Crippen LogP contribution in [0.25, 0.3) is 0 Å². The predicted octanol–water partition coefficient (Wildman–Crippen LogP) is 0.956. The first-order chi connectivity index (χ1) is 9.94. The first-order valence-electron chi connectivity index (χ1n) is 6.70. The number of aliphatic imine (C=N–C) groups is 1. The highest BCUT2D eigenvalue weighted by Crippen LogP contribution is 2.36. The number of amidine groups is 1. The molecule has 2 atom stereocenters. The van der Waals surface area contributed by atoms with Crippen molar-refractivity contribution in [2.24, 2.45) is 4.99 Å². The molecule has 7 heteroatoms. The van der Waals surface area contributed by atoms with E-state index in [1.807, 2.05) is 42.3 Å². The highest BCUT2D eigenvalue weighted by molar-refractivity contribution is 8.15. The lowest BCUT2D eigenvalue weighted by Gasteiger charge is -2.17. The maximum Gasteiger partial charge on any atom is 0.252 e. The number of hydrogen-bond acceptors (Lipinski definition) is 4. The van der Waals surface area contributed by atoms with Crippen molar-refractivity contribution in [3.05, 3.63) is 35.9 Å². The van der Waals surface area contributed by atoms with E-state index >= 15 is 0 Å². The molecule has 1 aromatic carbocycles. The van der Waals surface area contributed by atoms with E-state index in [4.69, 9.17) is 0 Å². The summed E-state index contributed by atoms with van der Waals surface area (Å²) < 4.78 is 23.2. The number of fused-ring (bicyclic) bond motifs is 1. The van der Waals surface area contributed by atoms with Gasteiger partial charge in [-0.1, -0.05) is 42.1 Å². The van der Waals surface area contributed by atoms with E-state index in [1.54, 1.807) is 0 Å². The Morgan fingerprint density at radius 3 is 2.71 bits per heavy atom. The van der Waals surface area contributed by atoms with E-state index in [0.29, 0.717) is 5.17 Å². The molecular weight excluding hydrogens is 308 g/mol. The van der Waals surface area contributed by atoms with E-state index in [1.165, 1.54) is 11.8 Å². The summed E-state index contributed by atoms with van der Waals surface area (Å²) in [6, 6.07) is 9.42. The highest BCUT2D eigenvalue weighted by atomic mass is 32.2. The fourth-order valence-electron chi connectivity index (χ4n) is 2.65. The van der Waals surface area contributed by atoms with Crippen LogP contribution < -0.4 is 0 Å². The predicted molar refractivity (Wildman–Crippen MR) is 84.2 cm³/mol. The van der Waals surface area contributed by atoms with Crippen LogP contribution in [0.4, 0.5) is 0 Å². The quantitative estimate of drug-likeness (QED) is 0.810. The lowest BCUT2D eigenvalue weighted by molar-refractivity contribution is -0.117. The Morgan fingerprint density at radius 2 is 2.05 bits per heavy atom. The van der Waals surface area contributed by atoms with Gasteiger partial charge in [0.25, 0.3) is 5.91 Å². The minimum atomic E-state index is -2.94. The van der Waals surface area contributed by atoms with Crippen LogP contribution in [0.2, 0.25) is 0 Å². The standard InChI is InChI=1S/C14H16N2O3S2/c1-16-11-8-21(18,19)9-12(11)20-14(16)15-13(17)7-10-5-3-2-4-6-10/h2-6,11-12H,7-9H2,1H3/t11-,12+/m1/s1. The average molecular weight is 324 g/mol. The fourth-order valence-corrected chi connectivity index (χ4v) is 6.67. The maximum absolute atomic E-state index is 12.0. The second-order valence-electron chi connectivity index (χ2n) is 5.36. The molecule has 2 aliphatic heterocycles. The molecule has 0 bridgehead atoms. The molecule has 1 amide bonds. The number of hydrogen-bond donors (Lipinski definition) is 0. The van der Waals surface area contributed by atoms with Crippen LogP contribution in [0.1, 0.15) is 5.56 Å². The minimum Gasteiger partial charge on any atom is -0.349 e. The van der Waals surface area contributed by atoms with Gasteiger partial charge in [-0.3, -0.25) is 4.79 Å². The number of carbonyl (C=O) groups excluding carboxylic acids is 1. The maximum atomic E-state index is 12.0. The third-order valence-corrected chi connectivity index (χ3v) is 7.05. The summed E-state index contributed by atoms with van der Waals surface area (Å²) in [6.07, 6.45) is 0.270. The van der Waals surface area contributed by atoms with Gasteiger partial charge in [-0.15, -0.1) is 0 Å². The molecule has 0 aliphatic carbocycles. The number of amides is 1. The zero-order valence-corrected chi connectivity index (χ0v) is 13.2. The molecule has 1 aromatic rings. The van der Waals surface area contributed by atoms with E-state index in [-0.39, 0.29) is 35.1 Å². The second kappa shape index (κ2) is 5.46. The Morgan fingerprint density at radius 1 is 1.33 bits per heavy atom. The summed E-state index contributed by atoms with van der Waals surface area (Å²) in [6.45, 7) is 0. The Hall–Kier alpha value is -1.34. The summed E-state index contributed by atoms with van der Waals surface area (Å²) in [5, 5.41) is 0.643. The van der Waals surface area contributed by atoms with E-state index in [0.717, 1.165) is 5.56 Å². The van der Waals surface area contributed by atoms with Crippen LogP contribution in [0, 0.1) is 0 Å². The molecule has 2 heterocycles. The molecule has 2 aliphatic rings. The van der Waals surface area contributed by atoms with Crippen molar-refractivity contribution in [1.29, 1.82) is 0 Å². The van der Waals surface area contributed by atoms with Gasteiger partial charge in [0.05, 0.1) is 24.0 Å². The third-order valence-electron chi connectivity index (χ3n) is 3.75. The first-order valence-corrected chi connectivity index (χ1v) is 9.40. The smallest absolute Gasteiger partial charge is 0.252 e. The first kappa shape index (κ1) is 14.6. The molecule has 0 N–H and O–H groups in total. The van der Waals surface area contributed by atoms with Gasteiger partial charge < -0.3 is 4.90 Å². The Kier molecular flexibility index (Phi) is 3.79. The summed E-state index contributed by atoms with van der Waals surface area (Å²) >= 11 is 1.41. The van der Waals surface area contributed by atoms with Gasteiger partial charge in [-0.2, -0.15) is 4.99 Å². The minimum absolute atomic E-state index is 0.00303. The van der Waals surface area contributed by atoms with Gasteiger partial charge in [0, 0.05) is 12.3 Å². The molecular formula is C14H16N2O3S2. The third kappa shape index (κ3) is 3.13. The van der Waals surface area contributed by atoms with Gasteiger partial charge in [0.2, 0.25) is 0 Å². The summed E-state index contributed by atoms with van der Waals surface area (Å²) in [4.78, 5) is 18.0. The molecule has 112 valence electrons. The molecule has 2 fully saturated rings. The van der Waals surface area contributed by atoms with E-state index in [9.17, 15) is 13.2 Å².